The fourth-order valence-corrected chi connectivity index (χ4v) is 5.04. The number of para-hydroxylation sites is 1. The third-order valence-electron chi connectivity index (χ3n) is 6.56. The van der Waals surface area contributed by atoms with Gasteiger partial charge in [0.25, 0.3) is 5.91 Å². The largest absolute Gasteiger partial charge is 0.497 e. The number of ether oxygens (including phenoxy) is 2. The Morgan fingerprint density at radius 1 is 1.00 bits per heavy atom. The van der Waals surface area contributed by atoms with Crippen molar-refractivity contribution in [3.63, 3.8) is 0 Å². The molecule has 0 saturated carbocycles. The molecule has 3 amide bonds. The third-order valence-corrected chi connectivity index (χ3v) is 6.56. The van der Waals surface area contributed by atoms with Crippen LogP contribution in [-0.4, -0.2) is 47.8 Å². The van der Waals surface area contributed by atoms with Crippen molar-refractivity contribution in [2.45, 2.75) is 24.8 Å². The summed E-state index contributed by atoms with van der Waals surface area (Å²) in [5.74, 6) is -1.15. The summed E-state index contributed by atoms with van der Waals surface area (Å²) in [7, 11) is 1.55. The maximum Gasteiger partial charge on any atom is 0.417 e. The Morgan fingerprint density at radius 2 is 1.69 bits per heavy atom. The quantitative estimate of drug-likeness (QED) is 0.538. The first-order chi connectivity index (χ1) is 17.5. The van der Waals surface area contributed by atoms with Crippen molar-refractivity contribution >= 4 is 29.3 Å². The van der Waals surface area contributed by atoms with Gasteiger partial charge >= 0.3 is 6.09 Å². The van der Waals surface area contributed by atoms with Gasteiger partial charge in [-0.15, -0.1) is 0 Å². The molecule has 5 rings (SSSR count). The van der Waals surface area contributed by atoms with Gasteiger partial charge in [0, 0.05) is 17.9 Å². The molecule has 2 atom stereocenters. The number of carbonyl (C=O) groups is 3. The fraction of sp³-hybridized carbons (Fsp3) is 0.214. The Hall–Kier alpha value is -4.46. The molecule has 0 bridgehead atoms. The molecule has 0 radical (unpaired) electrons. The minimum Gasteiger partial charge on any atom is -0.497 e. The predicted octanol–water partition coefficient (Wildman–Crippen LogP) is 4.36. The minimum absolute atomic E-state index is 0.0525. The molecule has 3 aromatic rings. The van der Waals surface area contributed by atoms with E-state index < -0.39 is 29.4 Å². The Kier molecular flexibility index (Phi) is 6.01. The number of anilines is 1. The number of amides is 3. The lowest BCUT2D eigenvalue weighted by molar-refractivity contribution is -0.134. The number of nitrogens with zero attached hydrogens (tertiary/aromatic N) is 3. The second-order valence-electron chi connectivity index (χ2n) is 8.49. The average Bonchev–Trinajstić information content (AvgIpc) is 3.39. The Balaban J connectivity index is 1.79. The second-order valence-corrected chi connectivity index (χ2v) is 8.49. The normalized spacial score (nSPS) is 21.2. The predicted molar refractivity (Wildman–Crippen MR) is 134 cm³/mol. The number of benzene rings is 3. The van der Waals surface area contributed by atoms with Crippen LogP contribution in [0.4, 0.5) is 10.5 Å². The van der Waals surface area contributed by atoms with Crippen molar-refractivity contribution in [2.24, 2.45) is 5.10 Å². The van der Waals surface area contributed by atoms with Gasteiger partial charge in [-0.25, -0.2) is 9.69 Å². The van der Waals surface area contributed by atoms with Crippen LogP contribution in [0.2, 0.25) is 0 Å². The number of methoxy groups -OCH3 is 1. The zero-order valence-electron chi connectivity index (χ0n) is 20.0. The summed E-state index contributed by atoms with van der Waals surface area (Å²) in [6.45, 7) is 1.71. The van der Waals surface area contributed by atoms with E-state index in [1.807, 2.05) is 42.5 Å². The topological polar surface area (TPSA) is 88.5 Å². The van der Waals surface area contributed by atoms with Crippen molar-refractivity contribution in [1.29, 1.82) is 0 Å². The molecule has 36 heavy (non-hydrogen) atoms. The van der Waals surface area contributed by atoms with Crippen molar-refractivity contribution in [2.75, 3.05) is 18.7 Å². The van der Waals surface area contributed by atoms with Gasteiger partial charge in [0.2, 0.25) is 5.91 Å². The SMILES string of the molecule is CCOC(=O)N1C(=O)C[C@@H](c2cccc(OC)c2)[C@@]12C(=O)N(c1ccccc1)N=C2c1ccccc1. The van der Waals surface area contributed by atoms with Crippen LogP contribution in [0.1, 0.15) is 30.4 Å². The molecule has 0 unspecified atom stereocenters. The van der Waals surface area contributed by atoms with E-state index >= 15 is 0 Å². The van der Waals surface area contributed by atoms with Crippen LogP contribution >= 0.6 is 0 Å². The van der Waals surface area contributed by atoms with Gasteiger partial charge in [-0.3, -0.25) is 9.59 Å². The van der Waals surface area contributed by atoms with E-state index in [4.69, 9.17) is 14.6 Å². The minimum atomic E-state index is -1.74. The lowest BCUT2D eigenvalue weighted by Gasteiger charge is -2.36. The van der Waals surface area contributed by atoms with Crippen LogP contribution in [-0.2, 0) is 14.3 Å². The first-order valence-corrected chi connectivity index (χ1v) is 11.7. The van der Waals surface area contributed by atoms with Crippen molar-refractivity contribution < 1.29 is 23.9 Å². The number of likely N-dealkylation sites (tertiary alicyclic amines) is 1. The summed E-state index contributed by atoms with van der Waals surface area (Å²) >= 11 is 0. The Labute approximate surface area is 208 Å². The van der Waals surface area contributed by atoms with Gasteiger partial charge in [-0.05, 0) is 36.8 Å². The van der Waals surface area contributed by atoms with E-state index in [2.05, 4.69) is 0 Å². The molecule has 3 aromatic carbocycles. The summed E-state index contributed by atoms with van der Waals surface area (Å²) in [5.41, 5.74) is 0.402. The number of carbonyl (C=O) groups excluding carboxylic acids is 3. The van der Waals surface area contributed by atoms with E-state index in [0.717, 1.165) is 4.90 Å². The molecule has 2 heterocycles. The monoisotopic (exact) mass is 483 g/mol. The van der Waals surface area contributed by atoms with Crippen LogP contribution < -0.4 is 9.75 Å². The number of hydrogen-bond donors (Lipinski definition) is 0. The maximum atomic E-state index is 14.5. The average molecular weight is 484 g/mol. The standard InChI is InChI=1S/C28H25N3O5/c1-3-36-27(34)30-24(32)18-23(20-13-10-16-22(17-20)35-2)28(30)25(19-11-6-4-7-12-19)29-31(26(28)33)21-14-8-5-9-15-21/h4-17,23H,3,18H2,1-2H3/t23-,28+/m0/s1. The smallest absolute Gasteiger partial charge is 0.417 e. The summed E-state index contributed by atoms with van der Waals surface area (Å²) in [4.78, 5) is 42.3. The molecule has 2 aliphatic rings. The molecule has 8 heteroatoms. The first kappa shape index (κ1) is 23.3. The highest BCUT2D eigenvalue weighted by atomic mass is 16.6. The highest BCUT2D eigenvalue weighted by Gasteiger charge is 2.68. The van der Waals surface area contributed by atoms with E-state index in [1.165, 1.54) is 5.01 Å². The van der Waals surface area contributed by atoms with Crippen molar-refractivity contribution in [3.05, 3.63) is 96.1 Å². The Morgan fingerprint density at radius 3 is 2.36 bits per heavy atom. The van der Waals surface area contributed by atoms with E-state index in [9.17, 15) is 14.4 Å². The second kappa shape index (κ2) is 9.30. The lowest BCUT2D eigenvalue weighted by atomic mass is 9.74. The molecule has 2 aliphatic heterocycles. The van der Waals surface area contributed by atoms with Crippen molar-refractivity contribution in [1.82, 2.24) is 4.90 Å². The number of imide groups is 1. The fourth-order valence-electron chi connectivity index (χ4n) is 5.04. The highest BCUT2D eigenvalue weighted by molar-refractivity contribution is 6.33. The van der Waals surface area contributed by atoms with Gasteiger partial charge in [-0.1, -0.05) is 60.7 Å². The van der Waals surface area contributed by atoms with Crippen LogP contribution in [0.3, 0.4) is 0 Å². The van der Waals surface area contributed by atoms with Gasteiger partial charge in [0.1, 0.15) is 11.5 Å². The zero-order valence-corrected chi connectivity index (χ0v) is 20.0. The summed E-state index contributed by atoms with van der Waals surface area (Å²) in [5, 5.41) is 6.04. The molecule has 1 fully saturated rings. The molecule has 0 N–H and O–H groups in total. The summed E-state index contributed by atoms with van der Waals surface area (Å²) in [6, 6.07) is 25.3. The molecule has 1 saturated heterocycles. The lowest BCUT2D eigenvalue weighted by Crippen LogP contribution is -2.62. The molecular weight excluding hydrogens is 458 g/mol. The van der Waals surface area contributed by atoms with Gasteiger partial charge < -0.3 is 9.47 Å². The van der Waals surface area contributed by atoms with Crippen LogP contribution in [0.5, 0.6) is 5.75 Å². The molecule has 1 spiro atoms. The Bertz CT molecular complexity index is 1340. The zero-order chi connectivity index (χ0) is 25.3. The highest BCUT2D eigenvalue weighted by Crippen LogP contribution is 2.50. The van der Waals surface area contributed by atoms with Gasteiger partial charge in [0.15, 0.2) is 5.54 Å². The van der Waals surface area contributed by atoms with Gasteiger partial charge in [-0.2, -0.15) is 10.1 Å². The number of rotatable bonds is 5. The van der Waals surface area contributed by atoms with E-state index in [-0.39, 0.29) is 13.0 Å². The van der Waals surface area contributed by atoms with Crippen LogP contribution in [0.25, 0.3) is 0 Å². The molecule has 0 aliphatic carbocycles. The van der Waals surface area contributed by atoms with Crippen molar-refractivity contribution in [3.8, 4) is 5.75 Å². The number of hydrazone groups is 1. The number of hydrogen-bond acceptors (Lipinski definition) is 6. The third kappa shape index (κ3) is 3.53. The molecular formula is C28H25N3O5. The summed E-state index contributed by atoms with van der Waals surface area (Å²) < 4.78 is 10.7. The molecule has 182 valence electrons. The van der Waals surface area contributed by atoms with E-state index in [0.29, 0.717) is 28.3 Å². The summed E-state index contributed by atoms with van der Waals surface area (Å²) in [6.07, 6.45) is -0.952. The maximum absolute atomic E-state index is 14.5. The molecule has 8 nitrogen and oxygen atoms in total. The van der Waals surface area contributed by atoms with E-state index in [1.54, 1.807) is 56.5 Å². The van der Waals surface area contributed by atoms with Crippen LogP contribution in [0, 0.1) is 0 Å². The first-order valence-electron chi connectivity index (χ1n) is 11.7. The molecule has 0 aromatic heterocycles. The van der Waals surface area contributed by atoms with Gasteiger partial charge in [0.05, 0.1) is 19.4 Å². The van der Waals surface area contributed by atoms with Crippen LogP contribution in [0.15, 0.2) is 90.0 Å².